The van der Waals surface area contributed by atoms with Crippen molar-refractivity contribution < 1.29 is 61.5 Å². The molecule has 5 aliphatic heterocycles. The Morgan fingerprint density at radius 2 is 1.14 bits per heavy atom. The monoisotopic (exact) mass is 1270 g/mol. The first-order valence-electron chi connectivity index (χ1n) is 31.6. The van der Waals surface area contributed by atoms with E-state index in [9.17, 15) is 51.6 Å². The number of nitrogens with zero attached hydrogens (tertiary/aromatic N) is 3. The molecule has 2 saturated carbocycles. The highest BCUT2D eigenvalue weighted by molar-refractivity contribution is 7.89. The lowest BCUT2D eigenvalue weighted by Gasteiger charge is -2.36. The van der Waals surface area contributed by atoms with E-state index in [1.165, 1.54) is 27.8 Å². The average molecular weight is 1270 g/mol. The molecule has 25 heteroatoms. The van der Waals surface area contributed by atoms with Crippen LogP contribution in [0.25, 0.3) is 0 Å². The maximum Gasteiger partial charge on any atom is 0.315 e. The number of piperidine rings is 2. The van der Waals surface area contributed by atoms with Crippen molar-refractivity contribution in [2.75, 3.05) is 32.7 Å². The maximum absolute atomic E-state index is 14.4. The van der Waals surface area contributed by atoms with Gasteiger partial charge in [0.2, 0.25) is 45.2 Å². The number of carbonyl (C=O) groups excluding carboxylic acids is 9. The van der Waals surface area contributed by atoms with Gasteiger partial charge in [-0.05, 0) is 77.0 Å². The number of nitrogens with one attached hydrogen (secondary N) is 6. The summed E-state index contributed by atoms with van der Waals surface area (Å²) in [5.41, 5.74) is 5.49. The van der Waals surface area contributed by atoms with Crippen LogP contribution in [0.4, 0.5) is 4.79 Å². The third kappa shape index (κ3) is 17.3. The second kappa shape index (κ2) is 31.1. The Hall–Kier alpha value is -6.05. The Bertz CT molecular complexity index is 2830. The molecule has 8 amide bonds. The molecule has 6 fully saturated rings. The summed E-state index contributed by atoms with van der Waals surface area (Å²) in [4.78, 5) is 133. The van der Waals surface area contributed by atoms with Crippen LogP contribution in [0.1, 0.15) is 169 Å². The van der Waals surface area contributed by atoms with Crippen LogP contribution in [-0.4, -0.2) is 162 Å². The van der Waals surface area contributed by atoms with Crippen molar-refractivity contribution in [3.63, 3.8) is 0 Å². The third-order valence-electron chi connectivity index (χ3n) is 19.3. The molecule has 6 heterocycles. The number of hydrogen-bond donors (Lipinski definition) is 8. The van der Waals surface area contributed by atoms with Gasteiger partial charge in [-0.3, -0.25) is 43.2 Å². The number of ketones is 2. The molecule has 2 aliphatic carbocycles. The van der Waals surface area contributed by atoms with Gasteiger partial charge in [-0.1, -0.05) is 151 Å². The minimum Gasteiger partial charge on any atom is -0.483 e. The number of nitrogens with two attached hydrogens (primary N) is 1. The Labute approximate surface area is 523 Å². The fourth-order valence-corrected chi connectivity index (χ4v) is 16.7. The number of thiophene rings is 1. The largest absolute Gasteiger partial charge is 0.483 e. The molecule has 7 aliphatic rings. The van der Waals surface area contributed by atoms with Crippen LogP contribution >= 0.6 is 11.3 Å². The highest BCUT2D eigenvalue weighted by Crippen LogP contribution is 2.66. The first kappa shape index (κ1) is 71.0. The lowest BCUT2D eigenvalue weighted by Crippen LogP contribution is -2.60. The summed E-state index contributed by atoms with van der Waals surface area (Å²) in [6.45, 7) is 22.5. The van der Waals surface area contributed by atoms with Gasteiger partial charge in [0.25, 0.3) is 18.3 Å². The number of urea groups is 1. The Morgan fingerprint density at radius 3 is 1.57 bits per heavy atom. The zero-order valence-corrected chi connectivity index (χ0v) is 54.3. The van der Waals surface area contributed by atoms with Crippen LogP contribution in [-0.2, 0) is 59.7 Å². The summed E-state index contributed by atoms with van der Waals surface area (Å²) in [6.07, 6.45) is 17.5. The fourth-order valence-electron chi connectivity index (χ4n) is 13.8. The lowest BCUT2D eigenvalue weighted by molar-refractivity contribution is -0.144. The zero-order chi connectivity index (χ0) is 64.9. The summed E-state index contributed by atoms with van der Waals surface area (Å²) in [7, 11) is -3.68. The van der Waals surface area contributed by atoms with Gasteiger partial charge in [-0.2, -0.15) is 4.31 Å². The molecule has 88 heavy (non-hydrogen) atoms. The third-order valence-corrected chi connectivity index (χ3v) is 22.3. The molecule has 23 nitrogen and oxygen atoms in total. The van der Waals surface area contributed by atoms with E-state index in [2.05, 4.69) is 72.8 Å². The molecule has 11 atom stereocenters. The zero-order valence-electron chi connectivity index (χ0n) is 52.7. The molecule has 9 N–H and O–H groups in total. The Kier molecular flexibility index (Phi) is 25.1. The number of carbonyl (C=O) groups is 10. The highest BCUT2D eigenvalue weighted by Gasteiger charge is 2.71. The van der Waals surface area contributed by atoms with Crippen LogP contribution in [0.2, 0.25) is 0 Å². The van der Waals surface area contributed by atoms with Crippen LogP contribution in [0, 0.1) is 39.9 Å². The Balaban J connectivity index is 0.000000294. The number of hydrogen-bond acceptors (Lipinski definition) is 14. The minimum atomic E-state index is -3.68. The van der Waals surface area contributed by atoms with E-state index in [-0.39, 0.29) is 84.9 Å². The smallest absolute Gasteiger partial charge is 0.315 e. The van der Waals surface area contributed by atoms with E-state index < -0.39 is 93.1 Å². The number of fused-ring (bicyclic) bond motifs is 7. The molecule has 0 bridgehead atoms. The normalized spacial score (nSPS) is 29.2. The van der Waals surface area contributed by atoms with Gasteiger partial charge >= 0.3 is 6.03 Å². The number of sulfonamides is 1. The Morgan fingerprint density at radius 1 is 0.716 bits per heavy atom. The molecule has 8 rings (SSSR count). The standard InChI is InChI=1S/C37H56N6O7S2.C25H40N4O4.CH2O2/c1-7-18-38-33(46)31(44)24-15-13-11-9-8-10-12-14-16-25(34(47)43-20-23-29(37(23,5)6)30(43)32(45)39-24)40-35(48)41-28(36(2,3)4)22-42-21-26-27(17-19-51-26)52(42,49)50;1-4-14-27-23(32)21(30)18-13-11-9-7-5-6-8-10-12-17(26)24(33)29-15-16-19(25(16,2)3)20(29)22(31)28-18;2-1-3/h7,17,19,23-25,28-30H,1,8-16,18,20-22H2,2-6H3,(H,38,46)(H,39,45)(H2,40,41,48);4,16-20H,1,5-15,26H2,2-3H3,(H,27,32)(H,28,31);1H,(H,2,3)/t23-,24-,25-,28+,29-,30-;16-,17-,18-,19-,20-;/m00./s1. The van der Waals surface area contributed by atoms with Crippen molar-refractivity contribution in [2.24, 2.45) is 45.7 Å². The highest BCUT2D eigenvalue weighted by atomic mass is 32.2. The summed E-state index contributed by atoms with van der Waals surface area (Å²) < 4.78 is 27.9. The van der Waals surface area contributed by atoms with Gasteiger partial charge in [-0.25, -0.2) is 13.2 Å². The minimum absolute atomic E-state index is 0.0371. The van der Waals surface area contributed by atoms with Crippen molar-refractivity contribution >= 4 is 80.9 Å². The van der Waals surface area contributed by atoms with E-state index >= 15 is 0 Å². The van der Waals surface area contributed by atoms with E-state index in [0.717, 1.165) is 81.9 Å². The van der Waals surface area contributed by atoms with Gasteiger partial charge in [0.1, 0.15) is 18.1 Å². The molecule has 4 saturated heterocycles. The predicted molar refractivity (Wildman–Crippen MR) is 333 cm³/mol. The van der Waals surface area contributed by atoms with Gasteiger partial charge in [0, 0.05) is 50.2 Å². The first-order chi connectivity index (χ1) is 41.6. The molecular weight excluding hydrogens is 1170 g/mol. The second-order valence-corrected chi connectivity index (χ2v) is 29.9. The predicted octanol–water partition coefficient (Wildman–Crippen LogP) is 5.08. The molecule has 490 valence electrons. The summed E-state index contributed by atoms with van der Waals surface area (Å²) in [5, 5.41) is 25.3. The molecule has 0 radical (unpaired) electrons. The van der Waals surface area contributed by atoms with Crippen LogP contribution in [0.15, 0.2) is 41.7 Å². The van der Waals surface area contributed by atoms with Gasteiger partial charge in [0.05, 0.1) is 23.0 Å². The lowest BCUT2D eigenvalue weighted by atomic mass is 9.86. The van der Waals surface area contributed by atoms with Crippen LogP contribution < -0.4 is 37.6 Å². The van der Waals surface area contributed by atoms with Crippen molar-refractivity contribution in [2.45, 2.75) is 218 Å². The van der Waals surface area contributed by atoms with Gasteiger partial charge in [0.15, 0.2) is 0 Å². The average Bonchev–Trinajstić information content (AvgIpc) is 1.55. The summed E-state index contributed by atoms with van der Waals surface area (Å²) in [5.74, 6) is -4.02. The van der Waals surface area contributed by atoms with Crippen LogP contribution in [0.3, 0.4) is 0 Å². The van der Waals surface area contributed by atoms with Gasteiger partial charge < -0.3 is 52.5 Å². The number of carboxylic acid groups (broad SMARTS) is 1. The first-order valence-corrected chi connectivity index (χ1v) is 34.0. The quantitative estimate of drug-likeness (QED) is 0.0769. The molecule has 0 spiro atoms. The van der Waals surface area contributed by atoms with Gasteiger partial charge in [-0.15, -0.1) is 24.5 Å². The molecular formula is C63H98N10O13S2. The van der Waals surface area contributed by atoms with Crippen LogP contribution in [0.5, 0.6) is 0 Å². The van der Waals surface area contributed by atoms with E-state index in [4.69, 9.17) is 15.6 Å². The van der Waals surface area contributed by atoms with Crippen molar-refractivity contribution in [1.29, 1.82) is 0 Å². The number of amides is 8. The van der Waals surface area contributed by atoms with E-state index in [0.29, 0.717) is 56.5 Å². The SMILES string of the molecule is C=CCNC(=O)C(=O)[C@@H]1CCCCCCCCC[C@H](N)C(=O)N2C[C@H]3[C@@H]([C@H]2C(=O)N1)C3(C)C.C=CCNC(=O)C(=O)[C@@H]1CCCCCCCCC[C@H](NC(=O)N[C@H](CN2Cc3sccc3S2(=O)=O)C(C)(C)C)C(=O)N2C[C@H]3[C@@H]([C@H]2C(=O)N1)C3(C)C.O=CO. The van der Waals surface area contributed by atoms with Crippen molar-refractivity contribution in [3.8, 4) is 0 Å². The molecule has 1 aromatic heterocycles. The fraction of sp³-hybridized carbons (Fsp3) is 0.714. The number of Topliss-reactive ketones (excluding diaryl/α,β-unsaturated/α-hetero) is 2. The summed E-state index contributed by atoms with van der Waals surface area (Å²) >= 11 is 1.39. The van der Waals surface area contributed by atoms with E-state index in [1.807, 2.05) is 20.8 Å². The molecule has 1 aromatic rings. The maximum atomic E-state index is 14.4. The second-order valence-electron chi connectivity index (χ2n) is 27.0. The van der Waals surface area contributed by atoms with E-state index in [1.54, 1.807) is 21.2 Å². The molecule has 0 unspecified atom stereocenters. The van der Waals surface area contributed by atoms with Crippen molar-refractivity contribution in [1.82, 2.24) is 46.0 Å². The topological polar surface area (TPSA) is 333 Å². The number of rotatable bonds is 12. The summed E-state index contributed by atoms with van der Waals surface area (Å²) in [6, 6.07) is -4.52. The molecule has 0 aromatic carbocycles. The van der Waals surface area contributed by atoms with Crippen molar-refractivity contribution in [3.05, 3.63) is 41.6 Å².